The van der Waals surface area contributed by atoms with Gasteiger partial charge in [0.25, 0.3) is 0 Å². The fourth-order valence-electron chi connectivity index (χ4n) is 1.70. The van der Waals surface area contributed by atoms with Gasteiger partial charge in [0.05, 0.1) is 0 Å². The van der Waals surface area contributed by atoms with Gasteiger partial charge in [0.1, 0.15) is 0 Å². The monoisotopic (exact) mass is 495 g/mol. The highest BCUT2D eigenvalue weighted by molar-refractivity contribution is 8.93. The summed E-state index contributed by atoms with van der Waals surface area (Å²) in [6.45, 7) is 2.66. The van der Waals surface area contributed by atoms with Crippen LogP contribution in [0.25, 0.3) is 0 Å². The third kappa shape index (κ3) is 14.5. The maximum atomic E-state index is 10.1. The van der Waals surface area contributed by atoms with Gasteiger partial charge in [-0.05, 0) is 19.3 Å². The van der Waals surface area contributed by atoms with E-state index in [4.69, 9.17) is 0 Å². The molecule has 6 nitrogen and oxygen atoms in total. The molecule has 0 aromatic carbocycles. The van der Waals surface area contributed by atoms with E-state index in [9.17, 15) is 14.4 Å². The second-order valence-corrected chi connectivity index (χ2v) is 4.36. The molecule has 9 heteroatoms. The van der Waals surface area contributed by atoms with Crippen LogP contribution in [0, 0.1) is 0 Å². The standard InChI is InChI=1S/3C4H7NO.3BrH/c3*6-4-2-1-3-5-4;;;/h3*1-3H2,(H,5,6);3*1H. The Kier molecular flexibility index (Phi) is 19.9. The van der Waals surface area contributed by atoms with Crippen molar-refractivity contribution >= 4 is 68.7 Å². The third-order valence-electron chi connectivity index (χ3n) is 2.71. The summed E-state index contributed by atoms with van der Waals surface area (Å²) in [5, 5.41) is 8.04. The lowest BCUT2D eigenvalue weighted by molar-refractivity contribution is -0.119. The van der Waals surface area contributed by atoms with Crippen LogP contribution in [-0.2, 0) is 14.4 Å². The van der Waals surface area contributed by atoms with Crippen molar-refractivity contribution in [2.24, 2.45) is 0 Å². The molecule has 3 amide bonds. The quantitative estimate of drug-likeness (QED) is 0.473. The molecule has 126 valence electrons. The Balaban J connectivity index is -0.000000216. The predicted molar refractivity (Wildman–Crippen MR) is 97.7 cm³/mol. The summed E-state index contributed by atoms with van der Waals surface area (Å²) in [7, 11) is 0. The predicted octanol–water partition coefficient (Wildman–Crippen LogP) is 1.42. The number of amides is 3. The first-order valence-corrected chi connectivity index (χ1v) is 6.48. The van der Waals surface area contributed by atoms with Crippen LogP contribution in [0.2, 0.25) is 0 Å². The van der Waals surface area contributed by atoms with E-state index in [0.717, 1.165) is 58.2 Å². The Hall–Kier alpha value is -0.150. The molecule has 3 aliphatic rings. The van der Waals surface area contributed by atoms with Crippen LogP contribution in [0.5, 0.6) is 0 Å². The first-order chi connectivity index (χ1) is 8.68. The number of carbonyl (C=O) groups is 3. The minimum Gasteiger partial charge on any atom is -0.356 e. The molecule has 0 aromatic heterocycles. The SMILES string of the molecule is Br.Br.Br.O=C1CCCN1.O=C1CCCN1.O=C1CCCN1. The molecule has 21 heavy (non-hydrogen) atoms. The molecular formula is C12H24Br3N3O3. The van der Waals surface area contributed by atoms with Crippen LogP contribution in [-0.4, -0.2) is 37.4 Å². The molecule has 0 saturated carbocycles. The molecular weight excluding hydrogens is 474 g/mol. The maximum absolute atomic E-state index is 10.1. The largest absolute Gasteiger partial charge is 0.356 e. The first-order valence-electron chi connectivity index (χ1n) is 6.48. The first kappa shape index (κ1) is 25.8. The number of rotatable bonds is 0. The van der Waals surface area contributed by atoms with Gasteiger partial charge in [-0.1, -0.05) is 0 Å². The number of carbonyl (C=O) groups excluding carboxylic acids is 3. The average molecular weight is 498 g/mol. The van der Waals surface area contributed by atoms with Gasteiger partial charge in [0.2, 0.25) is 17.7 Å². The fraction of sp³-hybridized carbons (Fsp3) is 0.750. The van der Waals surface area contributed by atoms with Crippen LogP contribution in [0.4, 0.5) is 0 Å². The second-order valence-electron chi connectivity index (χ2n) is 4.36. The molecule has 3 aliphatic heterocycles. The van der Waals surface area contributed by atoms with E-state index in [1.54, 1.807) is 0 Å². The third-order valence-corrected chi connectivity index (χ3v) is 2.71. The van der Waals surface area contributed by atoms with E-state index in [-0.39, 0.29) is 68.7 Å². The Labute approximate surface area is 156 Å². The number of hydrogen-bond acceptors (Lipinski definition) is 3. The fourth-order valence-corrected chi connectivity index (χ4v) is 1.70. The van der Waals surface area contributed by atoms with Gasteiger partial charge >= 0.3 is 0 Å². The minimum atomic E-state index is 0. The number of hydrogen-bond donors (Lipinski definition) is 3. The normalized spacial score (nSPS) is 18.0. The molecule has 3 fully saturated rings. The average Bonchev–Trinajstić information content (AvgIpc) is 3.05. The lowest BCUT2D eigenvalue weighted by Crippen LogP contribution is -2.12. The molecule has 0 aliphatic carbocycles. The van der Waals surface area contributed by atoms with E-state index in [1.165, 1.54) is 0 Å². The Morgan fingerprint density at radius 1 is 0.524 bits per heavy atom. The van der Waals surface area contributed by atoms with Crippen molar-refractivity contribution in [2.45, 2.75) is 38.5 Å². The zero-order valence-corrected chi connectivity index (χ0v) is 17.0. The van der Waals surface area contributed by atoms with Crippen LogP contribution in [0.1, 0.15) is 38.5 Å². The Morgan fingerprint density at radius 2 is 0.762 bits per heavy atom. The smallest absolute Gasteiger partial charge is 0.220 e. The molecule has 0 spiro atoms. The topological polar surface area (TPSA) is 87.3 Å². The van der Waals surface area contributed by atoms with E-state index in [1.807, 2.05) is 0 Å². The lowest BCUT2D eigenvalue weighted by atomic mass is 10.4. The van der Waals surface area contributed by atoms with Crippen LogP contribution >= 0.6 is 50.9 Å². The van der Waals surface area contributed by atoms with Crippen molar-refractivity contribution in [3.05, 3.63) is 0 Å². The van der Waals surface area contributed by atoms with Gasteiger partial charge in [0, 0.05) is 38.9 Å². The minimum absolute atomic E-state index is 0. The zero-order chi connectivity index (χ0) is 13.2. The summed E-state index contributed by atoms with van der Waals surface area (Å²) in [5.74, 6) is 0.611. The van der Waals surface area contributed by atoms with Crippen molar-refractivity contribution in [3.8, 4) is 0 Å². The van der Waals surface area contributed by atoms with Crippen molar-refractivity contribution in [1.82, 2.24) is 16.0 Å². The molecule has 0 radical (unpaired) electrons. The zero-order valence-electron chi connectivity index (χ0n) is 11.8. The summed E-state index contributed by atoms with van der Waals surface area (Å²) in [6, 6.07) is 0. The highest BCUT2D eigenvalue weighted by Gasteiger charge is 2.06. The molecule has 3 rings (SSSR count). The molecule has 0 atom stereocenters. The molecule has 0 bridgehead atoms. The van der Waals surface area contributed by atoms with Crippen molar-refractivity contribution in [2.75, 3.05) is 19.6 Å². The molecule has 3 N–H and O–H groups in total. The van der Waals surface area contributed by atoms with Gasteiger partial charge < -0.3 is 16.0 Å². The van der Waals surface area contributed by atoms with Crippen molar-refractivity contribution < 1.29 is 14.4 Å². The lowest BCUT2D eigenvalue weighted by Gasteiger charge is -1.80. The molecule has 0 aromatic rings. The molecule has 0 unspecified atom stereocenters. The summed E-state index contributed by atoms with van der Waals surface area (Å²) < 4.78 is 0. The van der Waals surface area contributed by atoms with Gasteiger partial charge in [-0.3, -0.25) is 14.4 Å². The summed E-state index contributed by atoms with van der Waals surface area (Å²) in [4.78, 5) is 30.4. The van der Waals surface area contributed by atoms with E-state index < -0.39 is 0 Å². The molecule has 3 saturated heterocycles. The second kappa shape index (κ2) is 16.2. The summed E-state index contributed by atoms with van der Waals surface area (Å²) >= 11 is 0. The van der Waals surface area contributed by atoms with Gasteiger partial charge in [0.15, 0.2) is 0 Å². The van der Waals surface area contributed by atoms with Crippen molar-refractivity contribution in [3.63, 3.8) is 0 Å². The Morgan fingerprint density at radius 3 is 0.810 bits per heavy atom. The van der Waals surface area contributed by atoms with Gasteiger partial charge in [-0.25, -0.2) is 0 Å². The van der Waals surface area contributed by atoms with Crippen LogP contribution in [0.15, 0.2) is 0 Å². The van der Waals surface area contributed by atoms with E-state index >= 15 is 0 Å². The maximum Gasteiger partial charge on any atom is 0.220 e. The van der Waals surface area contributed by atoms with Crippen LogP contribution in [0.3, 0.4) is 0 Å². The highest BCUT2D eigenvalue weighted by atomic mass is 79.9. The van der Waals surface area contributed by atoms with Crippen LogP contribution < -0.4 is 16.0 Å². The van der Waals surface area contributed by atoms with E-state index in [2.05, 4.69) is 16.0 Å². The van der Waals surface area contributed by atoms with Gasteiger partial charge in [-0.15, -0.1) is 50.9 Å². The van der Waals surface area contributed by atoms with E-state index in [0.29, 0.717) is 0 Å². The van der Waals surface area contributed by atoms with Crippen molar-refractivity contribution in [1.29, 1.82) is 0 Å². The number of halogens is 3. The Bertz CT molecular complexity index is 246. The molecule has 3 heterocycles. The number of nitrogens with one attached hydrogen (secondary N) is 3. The highest BCUT2D eigenvalue weighted by Crippen LogP contribution is 1.94. The van der Waals surface area contributed by atoms with Gasteiger partial charge in [-0.2, -0.15) is 0 Å². The summed E-state index contributed by atoms with van der Waals surface area (Å²) in [5.41, 5.74) is 0. The summed E-state index contributed by atoms with van der Waals surface area (Å²) in [6.07, 6.45) is 5.29.